The van der Waals surface area contributed by atoms with Gasteiger partial charge in [0, 0.05) is 17.9 Å². The van der Waals surface area contributed by atoms with Crippen LogP contribution >= 0.6 is 11.8 Å². The molecule has 98 valence electrons. The summed E-state index contributed by atoms with van der Waals surface area (Å²) in [6.45, 7) is 0.708. The van der Waals surface area contributed by atoms with Gasteiger partial charge in [-0.2, -0.15) is 0 Å². The van der Waals surface area contributed by atoms with E-state index in [-0.39, 0.29) is 11.7 Å². The van der Waals surface area contributed by atoms with E-state index in [1.54, 1.807) is 34.9 Å². The molecule has 0 spiro atoms. The van der Waals surface area contributed by atoms with Crippen LogP contribution in [0.3, 0.4) is 0 Å². The number of aliphatic imine (C=N–C) groups is 1. The molecule has 0 aromatic heterocycles. The van der Waals surface area contributed by atoms with Crippen LogP contribution in [0.1, 0.15) is 18.4 Å². The molecule has 3 nitrogen and oxygen atoms in total. The third-order valence-corrected chi connectivity index (χ3v) is 4.18. The van der Waals surface area contributed by atoms with Gasteiger partial charge in [-0.25, -0.2) is 9.38 Å². The van der Waals surface area contributed by atoms with Crippen LogP contribution in [-0.2, 0) is 4.79 Å². The van der Waals surface area contributed by atoms with Gasteiger partial charge in [0.2, 0.25) is 0 Å². The summed E-state index contributed by atoms with van der Waals surface area (Å²) in [6.07, 6.45) is 3.62. The summed E-state index contributed by atoms with van der Waals surface area (Å²) in [6, 6.07) is 6.40. The van der Waals surface area contributed by atoms with Gasteiger partial charge in [0.05, 0.1) is 0 Å². The van der Waals surface area contributed by atoms with Crippen molar-refractivity contribution < 1.29 is 9.18 Å². The van der Waals surface area contributed by atoms with E-state index in [0.717, 1.165) is 23.8 Å². The average Bonchev–Trinajstić information content (AvgIpc) is 2.60. The Morgan fingerprint density at radius 3 is 3.00 bits per heavy atom. The van der Waals surface area contributed by atoms with Gasteiger partial charge in [-0.1, -0.05) is 30.0 Å². The summed E-state index contributed by atoms with van der Waals surface area (Å²) in [7, 11) is 0. The minimum Gasteiger partial charge on any atom is -0.286 e. The molecular weight excluding hydrogens is 263 g/mol. The van der Waals surface area contributed by atoms with E-state index in [4.69, 9.17) is 0 Å². The average molecular weight is 276 g/mol. The number of carbonyl (C=O) groups excluding carboxylic acids is 1. The molecule has 0 atom stereocenters. The van der Waals surface area contributed by atoms with Crippen molar-refractivity contribution >= 4 is 28.9 Å². The predicted molar refractivity (Wildman–Crippen MR) is 75.2 cm³/mol. The Balaban J connectivity index is 1.94. The molecule has 0 unspecified atom stereocenters. The number of thioether (sulfide) groups is 1. The van der Waals surface area contributed by atoms with Gasteiger partial charge in [0.25, 0.3) is 5.91 Å². The van der Waals surface area contributed by atoms with Crippen molar-refractivity contribution in [3.8, 4) is 0 Å². The maximum absolute atomic E-state index is 13.6. The molecule has 19 heavy (non-hydrogen) atoms. The molecular formula is C14H13FN2OS. The topological polar surface area (TPSA) is 32.7 Å². The van der Waals surface area contributed by atoms with Gasteiger partial charge in [0.1, 0.15) is 11.5 Å². The molecule has 0 aliphatic carbocycles. The zero-order valence-corrected chi connectivity index (χ0v) is 11.1. The molecule has 2 aliphatic heterocycles. The van der Waals surface area contributed by atoms with Crippen molar-refractivity contribution in [3.05, 3.63) is 41.3 Å². The number of amides is 1. The second kappa shape index (κ2) is 5.17. The van der Waals surface area contributed by atoms with Crippen molar-refractivity contribution in [2.75, 3.05) is 12.3 Å². The highest BCUT2D eigenvalue weighted by atomic mass is 32.2. The lowest BCUT2D eigenvalue weighted by molar-refractivity contribution is -0.122. The lowest BCUT2D eigenvalue weighted by Crippen LogP contribution is -2.30. The molecule has 1 saturated heterocycles. The van der Waals surface area contributed by atoms with Crippen molar-refractivity contribution in [3.63, 3.8) is 0 Å². The monoisotopic (exact) mass is 276 g/mol. The fraction of sp³-hybridized carbons (Fsp3) is 0.286. The van der Waals surface area contributed by atoms with Crippen LogP contribution in [0.15, 0.2) is 35.0 Å². The maximum Gasteiger partial charge on any atom is 0.278 e. The zero-order valence-electron chi connectivity index (χ0n) is 10.3. The van der Waals surface area contributed by atoms with Crippen LogP contribution in [0, 0.1) is 5.82 Å². The van der Waals surface area contributed by atoms with Gasteiger partial charge in [0.15, 0.2) is 5.17 Å². The Hall–Kier alpha value is -1.62. The number of hydrogen-bond acceptors (Lipinski definition) is 3. The highest BCUT2D eigenvalue weighted by Crippen LogP contribution is 2.27. The zero-order chi connectivity index (χ0) is 13.2. The summed E-state index contributed by atoms with van der Waals surface area (Å²) in [5.74, 6) is 0.528. The van der Waals surface area contributed by atoms with E-state index in [1.807, 2.05) is 0 Å². The van der Waals surface area contributed by atoms with E-state index >= 15 is 0 Å². The first kappa shape index (κ1) is 12.4. The van der Waals surface area contributed by atoms with E-state index in [9.17, 15) is 9.18 Å². The smallest absolute Gasteiger partial charge is 0.278 e. The van der Waals surface area contributed by atoms with Crippen LogP contribution in [0.25, 0.3) is 6.08 Å². The summed E-state index contributed by atoms with van der Waals surface area (Å²) < 4.78 is 13.6. The SMILES string of the molecule is O=C1/C(=C/c2ccccc2F)N=C2SCCCCN12. The maximum atomic E-state index is 13.6. The highest BCUT2D eigenvalue weighted by molar-refractivity contribution is 8.13. The lowest BCUT2D eigenvalue weighted by atomic mass is 10.2. The second-order valence-corrected chi connectivity index (χ2v) is 5.52. The molecule has 1 aromatic carbocycles. The number of nitrogens with zero attached hydrogens (tertiary/aromatic N) is 2. The third kappa shape index (κ3) is 2.42. The standard InChI is InChI=1S/C14H13FN2OS/c15-11-6-2-1-5-10(11)9-12-13(18)17-7-3-4-8-19-14(17)16-12/h1-2,5-6,9H,3-4,7-8H2/b12-9-. The lowest BCUT2D eigenvalue weighted by Gasteiger charge is -2.13. The van der Waals surface area contributed by atoms with Crippen LogP contribution in [-0.4, -0.2) is 28.3 Å². The van der Waals surface area contributed by atoms with E-state index in [1.165, 1.54) is 12.1 Å². The molecule has 3 rings (SSSR count). The third-order valence-electron chi connectivity index (χ3n) is 3.12. The van der Waals surface area contributed by atoms with Gasteiger partial charge >= 0.3 is 0 Å². The molecule has 0 saturated carbocycles. The molecule has 0 N–H and O–H groups in total. The van der Waals surface area contributed by atoms with Crippen molar-refractivity contribution in [2.24, 2.45) is 4.99 Å². The Kier molecular flexibility index (Phi) is 3.38. The molecule has 2 aliphatic rings. The molecule has 1 aromatic rings. The molecule has 1 amide bonds. The summed E-state index contributed by atoms with van der Waals surface area (Å²) in [5, 5.41) is 0.755. The normalized spacial score (nSPS) is 21.3. The summed E-state index contributed by atoms with van der Waals surface area (Å²) in [4.78, 5) is 18.3. The number of amidine groups is 1. The number of fused-ring (bicyclic) bond motifs is 1. The van der Waals surface area contributed by atoms with Crippen LogP contribution in [0.5, 0.6) is 0 Å². The Morgan fingerprint density at radius 2 is 2.16 bits per heavy atom. The fourth-order valence-corrected chi connectivity index (χ4v) is 3.14. The fourth-order valence-electron chi connectivity index (χ4n) is 2.11. The van der Waals surface area contributed by atoms with E-state index in [0.29, 0.717) is 17.8 Å². The van der Waals surface area contributed by atoms with Crippen molar-refractivity contribution in [2.45, 2.75) is 12.8 Å². The molecule has 5 heteroatoms. The predicted octanol–water partition coefficient (Wildman–Crippen LogP) is 2.89. The minimum absolute atomic E-state index is 0.118. The van der Waals surface area contributed by atoms with Crippen molar-refractivity contribution in [1.29, 1.82) is 0 Å². The van der Waals surface area contributed by atoms with Crippen molar-refractivity contribution in [1.82, 2.24) is 4.90 Å². The minimum atomic E-state index is -0.335. The second-order valence-electron chi connectivity index (χ2n) is 4.46. The van der Waals surface area contributed by atoms with Crippen LogP contribution in [0.4, 0.5) is 4.39 Å². The van der Waals surface area contributed by atoms with Gasteiger partial charge in [-0.05, 0) is 25.0 Å². The van der Waals surface area contributed by atoms with Gasteiger partial charge in [-0.3, -0.25) is 9.69 Å². The Morgan fingerprint density at radius 1 is 1.32 bits per heavy atom. The van der Waals surface area contributed by atoms with Crippen LogP contribution < -0.4 is 0 Å². The number of benzene rings is 1. The molecule has 0 radical (unpaired) electrons. The quantitative estimate of drug-likeness (QED) is 0.739. The number of halogens is 1. The van der Waals surface area contributed by atoms with E-state index < -0.39 is 0 Å². The first-order valence-corrected chi connectivity index (χ1v) is 7.24. The summed E-state index contributed by atoms with van der Waals surface area (Å²) in [5.41, 5.74) is 0.729. The molecule has 2 heterocycles. The Labute approximate surface area is 115 Å². The first-order valence-electron chi connectivity index (χ1n) is 6.25. The van der Waals surface area contributed by atoms with Crippen LogP contribution in [0.2, 0.25) is 0 Å². The molecule has 1 fully saturated rings. The number of hydrogen-bond donors (Lipinski definition) is 0. The summed E-state index contributed by atoms with van der Waals surface area (Å²) >= 11 is 1.60. The van der Waals surface area contributed by atoms with E-state index in [2.05, 4.69) is 4.99 Å². The largest absolute Gasteiger partial charge is 0.286 e. The number of carbonyl (C=O) groups is 1. The van der Waals surface area contributed by atoms with Gasteiger partial charge < -0.3 is 0 Å². The number of rotatable bonds is 1. The van der Waals surface area contributed by atoms with Gasteiger partial charge in [-0.15, -0.1) is 0 Å². The first-order chi connectivity index (χ1) is 9.25. The molecule has 0 bridgehead atoms. The Bertz CT molecular complexity index is 583. The highest BCUT2D eigenvalue weighted by Gasteiger charge is 2.31.